The Morgan fingerprint density at radius 3 is 2.52 bits per heavy atom. The fourth-order valence-corrected chi connectivity index (χ4v) is 4.54. The number of rotatable bonds is 8. The summed E-state index contributed by atoms with van der Waals surface area (Å²) < 4.78 is 25.6. The normalized spacial score (nSPS) is 20.3. The van der Waals surface area contributed by atoms with Crippen LogP contribution in [0.3, 0.4) is 0 Å². The van der Waals surface area contributed by atoms with Crippen molar-refractivity contribution < 1.29 is 23.8 Å². The third-order valence-corrected chi connectivity index (χ3v) is 6.41. The van der Waals surface area contributed by atoms with Crippen molar-refractivity contribution in [3.63, 3.8) is 0 Å². The summed E-state index contributed by atoms with van der Waals surface area (Å²) in [5.74, 6) is 1.18. The number of carbonyl (C=O) groups is 1. The number of benzene rings is 2. The molecule has 5 heteroatoms. The molecule has 2 saturated carbocycles. The van der Waals surface area contributed by atoms with E-state index in [1.807, 2.05) is 30.3 Å². The van der Waals surface area contributed by atoms with E-state index < -0.39 is 5.97 Å². The molecule has 2 aromatic rings. The van der Waals surface area contributed by atoms with Gasteiger partial charge in [0.05, 0.1) is 20.1 Å². The summed E-state index contributed by atoms with van der Waals surface area (Å²) in [4.78, 5) is 11.2. The fourth-order valence-electron chi connectivity index (χ4n) is 4.54. The van der Waals surface area contributed by atoms with Gasteiger partial charge in [-0.15, -0.1) is 0 Å². The molecule has 2 aliphatic rings. The first-order chi connectivity index (χ1) is 15.0. The molecule has 4 nitrogen and oxygen atoms in total. The number of aliphatic carboxylic acids is 1. The van der Waals surface area contributed by atoms with Crippen LogP contribution in [0, 0.1) is 11.7 Å². The summed E-state index contributed by atoms with van der Waals surface area (Å²) in [6.45, 7) is 0.627. The van der Waals surface area contributed by atoms with Crippen molar-refractivity contribution in [3.8, 4) is 11.5 Å². The highest BCUT2D eigenvalue weighted by Gasteiger charge is 2.25. The van der Waals surface area contributed by atoms with Crippen LogP contribution >= 0.6 is 0 Å². The lowest BCUT2D eigenvalue weighted by Gasteiger charge is -2.29. The topological polar surface area (TPSA) is 55.8 Å². The Morgan fingerprint density at radius 1 is 1.06 bits per heavy atom. The van der Waals surface area contributed by atoms with Crippen LogP contribution in [-0.4, -0.2) is 24.8 Å². The molecule has 0 unspecified atom stereocenters. The predicted octanol–water partition coefficient (Wildman–Crippen LogP) is 6.21. The molecule has 4 rings (SSSR count). The molecule has 2 aromatic carbocycles. The van der Waals surface area contributed by atoms with Gasteiger partial charge < -0.3 is 14.6 Å². The number of hydrogen-bond donors (Lipinski definition) is 1. The van der Waals surface area contributed by atoms with E-state index in [2.05, 4.69) is 0 Å². The maximum Gasteiger partial charge on any atom is 0.307 e. The number of allylic oxidation sites excluding steroid dienone is 1. The van der Waals surface area contributed by atoms with Gasteiger partial charge in [-0.1, -0.05) is 17.7 Å². The van der Waals surface area contributed by atoms with Gasteiger partial charge in [-0.25, -0.2) is 4.39 Å². The molecule has 31 heavy (non-hydrogen) atoms. The van der Waals surface area contributed by atoms with Gasteiger partial charge in [0.2, 0.25) is 0 Å². The van der Waals surface area contributed by atoms with Gasteiger partial charge in [0.1, 0.15) is 17.3 Å². The Morgan fingerprint density at radius 2 is 1.84 bits per heavy atom. The minimum atomic E-state index is -0.801. The second-order valence-corrected chi connectivity index (χ2v) is 8.60. The quantitative estimate of drug-likeness (QED) is 0.547. The van der Waals surface area contributed by atoms with Gasteiger partial charge >= 0.3 is 5.97 Å². The van der Waals surface area contributed by atoms with E-state index in [-0.39, 0.29) is 18.2 Å². The van der Waals surface area contributed by atoms with E-state index in [0.29, 0.717) is 18.3 Å². The summed E-state index contributed by atoms with van der Waals surface area (Å²) in [6, 6.07) is 12.8. The van der Waals surface area contributed by atoms with Crippen molar-refractivity contribution in [2.24, 2.45) is 5.92 Å². The van der Waals surface area contributed by atoms with Crippen LogP contribution in [0.15, 0.2) is 48.0 Å². The van der Waals surface area contributed by atoms with Crippen LogP contribution in [0.5, 0.6) is 11.5 Å². The van der Waals surface area contributed by atoms with Gasteiger partial charge in [0, 0.05) is 0 Å². The standard InChI is InChI=1S/C26H29FO4/c1-30-21-11-12-25(27)24(14-21)19-7-5-17(6-8-19)16-31-22-4-2-3-20(13-22)23(15-26(28)29)18-9-10-18/h2-4,11-14,17,19H,5-10,15-16H2,1H3,(H,28,29). The Bertz CT molecular complexity index is 967. The number of halogens is 1. The van der Waals surface area contributed by atoms with Gasteiger partial charge in [-0.2, -0.15) is 0 Å². The van der Waals surface area contributed by atoms with Gasteiger partial charge in [0.15, 0.2) is 0 Å². The van der Waals surface area contributed by atoms with E-state index in [1.165, 1.54) is 11.6 Å². The van der Waals surface area contributed by atoms with Crippen LogP contribution < -0.4 is 9.47 Å². The number of hydrogen-bond acceptors (Lipinski definition) is 3. The summed E-state index contributed by atoms with van der Waals surface area (Å²) in [5, 5.41) is 9.22. The number of carboxylic acids is 1. The Kier molecular flexibility index (Phi) is 6.59. The van der Waals surface area contributed by atoms with Crippen molar-refractivity contribution in [2.75, 3.05) is 13.7 Å². The van der Waals surface area contributed by atoms with Gasteiger partial charge in [0.25, 0.3) is 0 Å². The zero-order valence-electron chi connectivity index (χ0n) is 17.9. The molecule has 0 saturated heterocycles. The third kappa shape index (κ3) is 5.46. The number of ether oxygens (including phenoxy) is 2. The summed E-state index contributed by atoms with van der Waals surface area (Å²) in [7, 11) is 1.60. The first kappa shape index (κ1) is 21.4. The van der Waals surface area contributed by atoms with Crippen molar-refractivity contribution in [2.45, 2.75) is 50.9 Å². The zero-order valence-corrected chi connectivity index (χ0v) is 17.9. The third-order valence-electron chi connectivity index (χ3n) is 6.41. The Balaban J connectivity index is 1.33. The minimum Gasteiger partial charge on any atom is -0.497 e. The highest BCUT2D eigenvalue weighted by molar-refractivity contribution is 5.86. The van der Waals surface area contributed by atoms with Gasteiger partial charge in [-0.3, -0.25) is 4.79 Å². The van der Waals surface area contributed by atoms with Crippen LogP contribution in [0.1, 0.15) is 62.0 Å². The molecule has 0 bridgehead atoms. The molecule has 0 spiro atoms. The molecular weight excluding hydrogens is 395 g/mol. The molecule has 0 heterocycles. The summed E-state index contributed by atoms with van der Waals surface area (Å²) in [6.07, 6.45) is 5.91. The highest BCUT2D eigenvalue weighted by Crippen LogP contribution is 2.40. The van der Waals surface area contributed by atoms with Crippen molar-refractivity contribution in [1.29, 1.82) is 0 Å². The molecule has 2 fully saturated rings. The first-order valence-electron chi connectivity index (χ1n) is 11.0. The van der Waals surface area contributed by atoms with Crippen molar-refractivity contribution in [3.05, 3.63) is 65.0 Å². The van der Waals surface area contributed by atoms with Crippen LogP contribution in [0.4, 0.5) is 4.39 Å². The van der Waals surface area contributed by atoms with Crippen LogP contribution in [0.25, 0.3) is 5.57 Å². The van der Waals surface area contributed by atoms with Crippen LogP contribution in [-0.2, 0) is 4.79 Å². The Hall–Kier alpha value is -2.82. The SMILES string of the molecule is COc1ccc(F)c(C2CCC(COc3cccc(C(CC(=O)O)=C4CC4)c3)CC2)c1. The zero-order chi connectivity index (χ0) is 21.8. The lowest BCUT2D eigenvalue weighted by Crippen LogP contribution is -2.20. The van der Waals surface area contributed by atoms with E-state index in [0.717, 1.165) is 61.0 Å². The molecule has 1 N–H and O–H groups in total. The van der Waals surface area contributed by atoms with E-state index in [9.17, 15) is 14.3 Å². The fraction of sp³-hybridized carbons (Fsp3) is 0.423. The van der Waals surface area contributed by atoms with E-state index >= 15 is 0 Å². The predicted molar refractivity (Wildman–Crippen MR) is 118 cm³/mol. The Labute approximate surface area is 182 Å². The lowest BCUT2D eigenvalue weighted by atomic mass is 9.79. The average Bonchev–Trinajstić information content (AvgIpc) is 3.62. The average molecular weight is 425 g/mol. The van der Waals surface area contributed by atoms with E-state index in [1.54, 1.807) is 13.2 Å². The number of carboxylic acid groups (broad SMARTS) is 1. The molecular formula is C26H29FO4. The molecule has 0 aromatic heterocycles. The van der Waals surface area contributed by atoms with Crippen LogP contribution in [0.2, 0.25) is 0 Å². The maximum atomic E-state index is 14.3. The number of methoxy groups -OCH3 is 1. The largest absolute Gasteiger partial charge is 0.497 e. The molecule has 0 atom stereocenters. The maximum absolute atomic E-state index is 14.3. The summed E-state index contributed by atoms with van der Waals surface area (Å²) >= 11 is 0. The second-order valence-electron chi connectivity index (χ2n) is 8.60. The molecule has 2 aliphatic carbocycles. The molecule has 164 valence electrons. The summed E-state index contributed by atoms with van der Waals surface area (Å²) in [5.41, 5.74) is 3.87. The van der Waals surface area contributed by atoms with Crippen molar-refractivity contribution >= 4 is 11.5 Å². The smallest absolute Gasteiger partial charge is 0.307 e. The molecule has 0 amide bonds. The monoisotopic (exact) mass is 424 g/mol. The lowest BCUT2D eigenvalue weighted by molar-refractivity contribution is -0.135. The first-order valence-corrected chi connectivity index (χ1v) is 11.0. The van der Waals surface area contributed by atoms with Crippen molar-refractivity contribution in [1.82, 2.24) is 0 Å². The highest BCUT2D eigenvalue weighted by atomic mass is 19.1. The van der Waals surface area contributed by atoms with Gasteiger partial charge in [-0.05, 0) is 97.4 Å². The molecule has 0 aliphatic heterocycles. The molecule has 0 radical (unpaired) electrons. The van der Waals surface area contributed by atoms with E-state index in [4.69, 9.17) is 9.47 Å². The second kappa shape index (κ2) is 9.54. The minimum absolute atomic E-state index is 0.0592.